The van der Waals surface area contributed by atoms with Gasteiger partial charge in [0.2, 0.25) is 0 Å². The summed E-state index contributed by atoms with van der Waals surface area (Å²) in [6.07, 6.45) is 4.81. The van der Waals surface area contributed by atoms with E-state index < -0.39 is 0 Å². The first-order chi connectivity index (χ1) is 6.21. The highest BCUT2D eigenvalue weighted by atomic mass is 16.7. The predicted molar refractivity (Wildman–Crippen MR) is 53.6 cm³/mol. The number of ether oxygens (including phenoxy) is 2. The highest BCUT2D eigenvalue weighted by Gasteiger charge is 2.38. The van der Waals surface area contributed by atoms with E-state index in [0.717, 1.165) is 19.6 Å². The van der Waals surface area contributed by atoms with Gasteiger partial charge < -0.3 is 9.47 Å². The SMILES string of the molecule is CCCCCC1(C(C)C)OCCO1. The summed E-state index contributed by atoms with van der Waals surface area (Å²) in [4.78, 5) is 0. The summed E-state index contributed by atoms with van der Waals surface area (Å²) in [7, 11) is 0. The topological polar surface area (TPSA) is 18.5 Å². The predicted octanol–water partition coefficient (Wildman–Crippen LogP) is 2.97. The Morgan fingerprint density at radius 2 is 1.77 bits per heavy atom. The van der Waals surface area contributed by atoms with Crippen LogP contribution < -0.4 is 0 Å². The Morgan fingerprint density at radius 3 is 2.23 bits per heavy atom. The van der Waals surface area contributed by atoms with Crippen LogP contribution in [0.5, 0.6) is 0 Å². The smallest absolute Gasteiger partial charge is 0.170 e. The van der Waals surface area contributed by atoms with Crippen LogP contribution in [0, 0.1) is 5.92 Å². The van der Waals surface area contributed by atoms with Gasteiger partial charge in [-0.05, 0) is 6.42 Å². The molecule has 1 saturated heterocycles. The highest BCUT2D eigenvalue weighted by Crippen LogP contribution is 2.33. The molecule has 13 heavy (non-hydrogen) atoms. The first-order valence-corrected chi connectivity index (χ1v) is 5.49. The molecule has 0 aliphatic carbocycles. The summed E-state index contributed by atoms with van der Waals surface area (Å²) in [5.41, 5.74) is 0. The van der Waals surface area contributed by atoms with Crippen LogP contribution in [0.3, 0.4) is 0 Å². The van der Waals surface area contributed by atoms with Crippen LogP contribution in [0.4, 0.5) is 0 Å². The normalized spacial score (nSPS) is 21.2. The van der Waals surface area contributed by atoms with E-state index in [-0.39, 0.29) is 5.79 Å². The van der Waals surface area contributed by atoms with Gasteiger partial charge >= 0.3 is 0 Å². The van der Waals surface area contributed by atoms with Crippen molar-refractivity contribution in [2.24, 2.45) is 5.92 Å². The Balaban J connectivity index is 2.38. The average Bonchev–Trinajstić information content (AvgIpc) is 2.55. The monoisotopic (exact) mass is 186 g/mol. The van der Waals surface area contributed by atoms with Crippen molar-refractivity contribution in [1.29, 1.82) is 0 Å². The molecule has 0 bridgehead atoms. The second-order valence-electron chi connectivity index (χ2n) is 4.12. The number of hydrogen-bond acceptors (Lipinski definition) is 2. The molecule has 1 aliphatic heterocycles. The third-order valence-electron chi connectivity index (χ3n) is 2.78. The van der Waals surface area contributed by atoms with Crippen molar-refractivity contribution < 1.29 is 9.47 Å². The molecule has 78 valence electrons. The molecule has 0 amide bonds. The summed E-state index contributed by atoms with van der Waals surface area (Å²) in [6, 6.07) is 0. The van der Waals surface area contributed by atoms with Crippen molar-refractivity contribution in [2.45, 2.75) is 52.2 Å². The zero-order valence-corrected chi connectivity index (χ0v) is 9.14. The number of rotatable bonds is 5. The van der Waals surface area contributed by atoms with Crippen LogP contribution in [-0.2, 0) is 9.47 Å². The minimum Gasteiger partial charge on any atom is -0.347 e. The minimum absolute atomic E-state index is 0.255. The van der Waals surface area contributed by atoms with Crippen molar-refractivity contribution in [2.75, 3.05) is 13.2 Å². The van der Waals surface area contributed by atoms with Gasteiger partial charge in [0.25, 0.3) is 0 Å². The van der Waals surface area contributed by atoms with Crippen molar-refractivity contribution in [1.82, 2.24) is 0 Å². The van der Waals surface area contributed by atoms with Crippen LogP contribution in [0.2, 0.25) is 0 Å². The van der Waals surface area contributed by atoms with E-state index in [0.29, 0.717) is 5.92 Å². The lowest BCUT2D eigenvalue weighted by Gasteiger charge is -2.31. The van der Waals surface area contributed by atoms with E-state index in [2.05, 4.69) is 20.8 Å². The lowest BCUT2D eigenvalue weighted by Crippen LogP contribution is -2.36. The van der Waals surface area contributed by atoms with Crippen molar-refractivity contribution >= 4 is 0 Å². The average molecular weight is 186 g/mol. The number of hydrogen-bond donors (Lipinski definition) is 0. The van der Waals surface area contributed by atoms with Gasteiger partial charge in [-0.25, -0.2) is 0 Å². The number of unbranched alkanes of at least 4 members (excludes halogenated alkanes) is 2. The molecule has 1 rings (SSSR count). The highest BCUT2D eigenvalue weighted by molar-refractivity contribution is 4.77. The molecule has 0 aromatic heterocycles. The van der Waals surface area contributed by atoms with Crippen molar-refractivity contribution in [3.63, 3.8) is 0 Å². The largest absolute Gasteiger partial charge is 0.347 e. The third kappa shape index (κ3) is 2.68. The fourth-order valence-corrected chi connectivity index (χ4v) is 1.86. The molecule has 0 spiro atoms. The molecule has 0 N–H and O–H groups in total. The summed E-state index contributed by atoms with van der Waals surface area (Å²) in [5.74, 6) is 0.210. The van der Waals surface area contributed by atoms with Crippen LogP contribution in [0.15, 0.2) is 0 Å². The van der Waals surface area contributed by atoms with Crippen molar-refractivity contribution in [3.8, 4) is 0 Å². The third-order valence-corrected chi connectivity index (χ3v) is 2.78. The molecule has 0 radical (unpaired) electrons. The van der Waals surface area contributed by atoms with E-state index in [4.69, 9.17) is 9.47 Å². The molecule has 2 heteroatoms. The second kappa shape index (κ2) is 4.97. The summed E-state index contributed by atoms with van der Waals surface area (Å²) in [5, 5.41) is 0. The van der Waals surface area contributed by atoms with Crippen LogP contribution in [-0.4, -0.2) is 19.0 Å². The lowest BCUT2D eigenvalue weighted by molar-refractivity contribution is -0.193. The molecule has 1 fully saturated rings. The van der Waals surface area contributed by atoms with Gasteiger partial charge in [-0.2, -0.15) is 0 Å². The second-order valence-corrected chi connectivity index (χ2v) is 4.12. The Hall–Kier alpha value is -0.0800. The Morgan fingerprint density at radius 1 is 1.15 bits per heavy atom. The summed E-state index contributed by atoms with van der Waals surface area (Å²) in [6.45, 7) is 8.11. The molecule has 0 aromatic carbocycles. The fraction of sp³-hybridized carbons (Fsp3) is 1.00. The summed E-state index contributed by atoms with van der Waals surface area (Å²) >= 11 is 0. The van der Waals surface area contributed by atoms with E-state index in [1.807, 2.05) is 0 Å². The van der Waals surface area contributed by atoms with Gasteiger partial charge in [0.15, 0.2) is 5.79 Å². The van der Waals surface area contributed by atoms with Crippen LogP contribution >= 0.6 is 0 Å². The molecule has 1 aliphatic rings. The molecular weight excluding hydrogens is 164 g/mol. The molecule has 0 aromatic rings. The Labute approximate surface area is 81.6 Å². The first-order valence-electron chi connectivity index (χ1n) is 5.49. The van der Waals surface area contributed by atoms with E-state index in [9.17, 15) is 0 Å². The zero-order chi connectivity index (χ0) is 9.73. The van der Waals surface area contributed by atoms with Gasteiger partial charge in [0.05, 0.1) is 13.2 Å². The lowest BCUT2D eigenvalue weighted by atomic mass is 9.96. The van der Waals surface area contributed by atoms with Crippen molar-refractivity contribution in [3.05, 3.63) is 0 Å². The molecule has 2 nitrogen and oxygen atoms in total. The maximum atomic E-state index is 5.73. The van der Waals surface area contributed by atoms with Crippen LogP contribution in [0.25, 0.3) is 0 Å². The zero-order valence-electron chi connectivity index (χ0n) is 9.14. The standard InChI is InChI=1S/C11H22O2/c1-4-5-6-7-11(10(2)3)12-8-9-13-11/h10H,4-9H2,1-3H3. The van der Waals surface area contributed by atoms with Gasteiger partial charge in [-0.1, -0.05) is 33.6 Å². The quantitative estimate of drug-likeness (QED) is 0.614. The van der Waals surface area contributed by atoms with Gasteiger partial charge in [-0.3, -0.25) is 0 Å². The fourth-order valence-electron chi connectivity index (χ4n) is 1.86. The maximum absolute atomic E-state index is 5.73. The molecule has 1 heterocycles. The molecule has 0 atom stereocenters. The van der Waals surface area contributed by atoms with E-state index in [1.54, 1.807) is 0 Å². The molecular formula is C11H22O2. The molecule has 0 unspecified atom stereocenters. The first kappa shape index (κ1) is 11.0. The van der Waals surface area contributed by atoms with E-state index in [1.165, 1.54) is 19.3 Å². The Kier molecular flexibility index (Phi) is 4.20. The van der Waals surface area contributed by atoms with Gasteiger partial charge in [0.1, 0.15) is 0 Å². The Bertz CT molecular complexity index is 137. The summed E-state index contributed by atoms with van der Waals surface area (Å²) < 4.78 is 11.5. The minimum atomic E-state index is -0.255. The van der Waals surface area contributed by atoms with Crippen LogP contribution in [0.1, 0.15) is 46.5 Å². The van der Waals surface area contributed by atoms with Gasteiger partial charge in [0, 0.05) is 12.3 Å². The van der Waals surface area contributed by atoms with Gasteiger partial charge in [-0.15, -0.1) is 0 Å². The van der Waals surface area contributed by atoms with E-state index >= 15 is 0 Å². The maximum Gasteiger partial charge on any atom is 0.170 e. The molecule has 0 saturated carbocycles.